The SMILES string of the molecule is CN(CC1CCCC1)c1ncc(C(=O)O)cc1[N+](=O)[O-]. The lowest BCUT2D eigenvalue weighted by molar-refractivity contribution is -0.384. The molecular weight excluding hydrogens is 262 g/mol. The van der Waals surface area contributed by atoms with Crippen molar-refractivity contribution < 1.29 is 14.8 Å². The van der Waals surface area contributed by atoms with Crippen LogP contribution in [0.15, 0.2) is 12.3 Å². The van der Waals surface area contributed by atoms with Crippen LogP contribution in [0, 0.1) is 16.0 Å². The van der Waals surface area contributed by atoms with Crippen molar-refractivity contribution in [2.45, 2.75) is 25.7 Å². The Morgan fingerprint density at radius 3 is 2.75 bits per heavy atom. The molecule has 0 aliphatic heterocycles. The van der Waals surface area contributed by atoms with Crippen LogP contribution in [-0.2, 0) is 0 Å². The Bertz CT molecular complexity index is 526. The number of hydrogen-bond acceptors (Lipinski definition) is 5. The molecule has 0 aromatic carbocycles. The molecule has 1 saturated carbocycles. The van der Waals surface area contributed by atoms with Gasteiger partial charge in [0.15, 0.2) is 0 Å². The van der Waals surface area contributed by atoms with Gasteiger partial charge in [0.2, 0.25) is 5.82 Å². The summed E-state index contributed by atoms with van der Waals surface area (Å²) in [5, 5.41) is 20.0. The molecule has 0 spiro atoms. The van der Waals surface area contributed by atoms with Crippen molar-refractivity contribution in [1.82, 2.24) is 4.98 Å². The first-order chi connectivity index (χ1) is 9.49. The van der Waals surface area contributed by atoms with Crippen LogP contribution < -0.4 is 4.90 Å². The highest BCUT2D eigenvalue weighted by atomic mass is 16.6. The summed E-state index contributed by atoms with van der Waals surface area (Å²) in [6, 6.07) is 1.07. The number of aromatic nitrogens is 1. The van der Waals surface area contributed by atoms with Crippen LogP contribution >= 0.6 is 0 Å². The van der Waals surface area contributed by atoms with Crippen molar-refractivity contribution in [2.75, 3.05) is 18.5 Å². The van der Waals surface area contributed by atoms with Crippen molar-refractivity contribution in [2.24, 2.45) is 5.92 Å². The van der Waals surface area contributed by atoms with E-state index >= 15 is 0 Å². The number of carboxylic acid groups (broad SMARTS) is 1. The Morgan fingerprint density at radius 1 is 1.55 bits per heavy atom. The van der Waals surface area contributed by atoms with Crippen LogP contribution in [-0.4, -0.2) is 34.6 Å². The van der Waals surface area contributed by atoms with Crippen LogP contribution in [0.25, 0.3) is 0 Å². The Kier molecular flexibility index (Phi) is 4.16. The second-order valence-electron chi connectivity index (χ2n) is 5.16. The first-order valence-electron chi connectivity index (χ1n) is 6.58. The summed E-state index contributed by atoms with van der Waals surface area (Å²) in [4.78, 5) is 27.1. The number of nitro groups is 1. The molecule has 0 atom stereocenters. The van der Waals surface area contributed by atoms with Crippen molar-refractivity contribution in [3.05, 3.63) is 27.9 Å². The number of carboxylic acids is 1. The lowest BCUT2D eigenvalue weighted by Gasteiger charge is -2.21. The Morgan fingerprint density at radius 2 is 2.20 bits per heavy atom. The van der Waals surface area contributed by atoms with E-state index in [4.69, 9.17) is 5.11 Å². The van der Waals surface area contributed by atoms with Crippen LogP contribution in [0.5, 0.6) is 0 Å². The highest BCUT2D eigenvalue weighted by Crippen LogP contribution is 2.30. The lowest BCUT2D eigenvalue weighted by Crippen LogP contribution is -2.25. The number of nitrogens with zero attached hydrogens (tertiary/aromatic N) is 3. The third-order valence-electron chi connectivity index (χ3n) is 3.66. The molecule has 20 heavy (non-hydrogen) atoms. The van der Waals surface area contributed by atoms with E-state index in [-0.39, 0.29) is 17.1 Å². The van der Waals surface area contributed by atoms with E-state index in [2.05, 4.69) is 4.98 Å². The van der Waals surface area contributed by atoms with E-state index in [9.17, 15) is 14.9 Å². The third kappa shape index (κ3) is 3.04. The minimum atomic E-state index is -1.22. The summed E-state index contributed by atoms with van der Waals surface area (Å²) in [5.74, 6) is -0.460. The van der Waals surface area contributed by atoms with Gasteiger partial charge in [-0.1, -0.05) is 12.8 Å². The summed E-state index contributed by atoms with van der Waals surface area (Å²) in [6.45, 7) is 0.709. The summed E-state index contributed by atoms with van der Waals surface area (Å²) < 4.78 is 0. The van der Waals surface area contributed by atoms with Gasteiger partial charge in [0.1, 0.15) is 0 Å². The standard InChI is InChI=1S/C13H17N3O4/c1-15(8-9-4-2-3-5-9)12-11(16(19)20)6-10(7-14-12)13(17)18/h6-7,9H,2-5,8H2,1H3,(H,17,18). The van der Waals surface area contributed by atoms with E-state index in [0.717, 1.165) is 25.1 Å². The van der Waals surface area contributed by atoms with E-state index in [1.165, 1.54) is 12.8 Å². The molecule has 1 aliphatic rings. The van der Waals surface area contributed by atoms with Gasteiger partial charge in [-0.25, -0.2) is 9.78 Å². The fourth-order valence-corrected chi connectivity index (χ4v) is 2.66. The van der Waals surface area contributed by atoms with Crippen LogP contribution in [0.2, 0.25) is 0 Å². The van der Waals surface area contributed by atoms with E-state index in [1.54, 1.807) is 11.9 Å². The maximum Gasteiger partial charge on any atom is 0.337 e. The van der Waals surface area contributed by atoms with Gasteiger partial charge in [-0.15, -0.1) is 0 Å². The van der Waals surface area contributed by atoms with Gasteiger partial charge in [-0.2, -0.15) is 0 Å². The minimum Gasteiger partial charge on any atom is -0.478 e. The summed E-state index contributed by atoms with van der Waals surface area (Å²) >= 11 is 0. The molecule has 0 saturated heterocycles. The van der Waals surface area contributed by atoms with Gasteiger partial charge < -0.3 is 10.0 Å². The quantitative estimate of drug-likeness (QED) is 0.656. The Labute approximate surface area is 116 Å². The number of pyridine rings is 1. The molecule has 108 valence electrons. The van der Waals surface area contributed by atoms with Crippen LogP contribution in [0.4, 0.5) is 11.5 Å². The smallest absolute Gasteiger partial charge is 0.337 e. The molecule has 1 aliphatic carbocycles. The fourth-order valence-electron chi connectivity index (χ4n) is 2.66. The maximum atomic E-state index is 11.1. The van der Waals surface area contributed by atoms with Crippen molar-refractivity contribution in [1.29, 1.82) is 0 Å². The van der Waals surface area contributed by atoms with Crippen LogP contribution in [0.3, 0.4) is 0 Å². The summed E-state index contributed by atoms with van der Waals surface area (Å²) in [5.41, 5.74) is -0.430. The summed E-state index contributed by atoms with van der Waals surface area (Å²) in [6.07, 6.45) is 5.82. The van der Waals surface area contributed by atoms with Gasteiger partial charge in [0, 0.05) is 25.9 Å². The topological polar surface area (TPSA) is 96.6 Å². The minimum absolute atomic E-state index is 0.172. The van der Waals surface area contributed by atoms with Crippen LogP contribution in [0.1, 0.15) is 36.0 Å². The third-order valence-corrected chi connectivity index (χ3v) is 3.66. The first-order valence-corrected chi connectivity index (χ1v) is 6.58. The molecule has 1 aromatic heterocycles. The molecule has 7 heteroatoms. The van der Waals surface area contributed by atoms with Gasteiger partial charge in [0.25, 0.3) is 0 Å². The zero-order valence-corrected chi connectivity index (χ0v) is 11.3. The molecule has 0 radical (unpaired) electrons. The highest BCUT2D eigenvalue weighted by Gasteiger charge is 2.24. The number of aromatic carboxylic acids is 1. The second-order valence-corrected chi connectivity index (χ2v) is 5.16. The zero-order chi connectivity index (χ0) is 14.7. The average Bonchev–Trinajstić information content (AvgIpc) is 2.90. The van der Waals surface area contributed by atoms with Crippen molar-refractivity contribution in [3.63, 3.8) is 0 Å². The Hall–Kier alpha value is -2.18. The predicted octanol–water partition coefficient (Wildman–Crippen LogP) is 2.31. The Balaban J connectivity index is 2.24. The van der Waals surface area contributed by atoms with Gasteiger partial charge >= 0.3 is 11.7 Å². The molecule has 0 unspecified atom stereocenters. The van der Waals surface area contributed by atoms with Gasteiger partial charge in [-0.05, 0) is 18.8 Å². The molecule has 1 N–H and O–H groups in total. The number of carbonyl (C=O) groups is 1. The second kappa shape index (κ2) is 5.85. The van der Waals surface area contributed by atoms with E-state index in [1.807, 2.05) is 0 Å². The molecule has 1 aromatic rings. The van der Waals surface area contributed by atoms with E-state index in [0.29, 0.717) is 12.5 Å². The average molecular weight is 279 g/mol. The highest BCUT2D eigenvalue weighted by molar-refractivity contribution is 5.88. The number of anilines is 1. The van der Waals surface area contributed by atoms with Crippen molar-refractivity contribution >= 4 is 17.5 Å². The first kappa shape index (κ1) is 14.2. The van der Waals surface area contributed by atoms with E-state index < -0.39 is 10.9 Å². The molecular formula is C13H17N3O4. The van der Waals surface area contributed by atoms with Gasteiger partial charge in [0.05, 0.1) is 10.5 Å². The molecule has 2 rings (SSSR count). The normalized spacial score (nSPS) is 15.2. The molecule has 1 fully saturated rings. The monoisotopic (exact) mass is 279 g/mol. The van der Waals surface area contributed by atoms with Crippen molar-refractivity contribution in [3.8, 4) is 0 Å². The number of rotatable bonds is 5. The van der Waals surface area contributed by atoms with Gasteiger partial charge in [-0.3, -0.25) is 10.1 Å². The largest absolute Gasteiger partial charge is 0.478 e. The number of hydrogen-bond donors (Lipinski definition) is 1. The maximum absolute atomic E-state index is 11.1. The fraction of sp³-hybridized carbons (Fsp3) is 0.538. The molecule has 0 amide bonds. The lowest BCUT2D eigenvalue weighted by atomic mass is 10.1. The molecule has 0 bridgehead atoms. The summed E-state index contributed by atoms with van der Waals surface area (Å²) in [7, 11) is 1.76. The molecule has 1 heterocycles. The zero-order valence-electron chi connectivity index (χ0n) is 11.3. The molecule has 7 nitrogen and oxygen atoms in total. The predicted molar refractivity (Wildman–Crippen MR) is 73.1 cm³/mol.